The minimum atomic E-state index is -0.250. The van der Waals surface area contributed by atoms with Gasteiger partial charge in [-0.1, -0.05) is 18.2 Å². The summed E-state index contributed by atoms with van der Waals surface area (Å²) in [6.07, 6.45) is 0. The summed E-state index contributed by atoms with van der Waals surface area (Å²) in [6, 6.07) is 23.4. The molecule has 4 rings (SSSR count). The molecule has 33 heavy (non-hydrogen) atoms. The third-order valence-corrected chi connectivity index (χ3v) is 5.28. The standard InChI is InChI=1S/C26H24N4O3/c1-3-30(4-2)26(32)21-14-16-22(17-15-21)27-23(31)18-10-12-20(13-11-18)25-29-28-24(33-25)19-8-6-5-7-9-19/h5-17H,3-4H2,1-2H3,(H,27,31). The van der Waals surface area contributed by atoms with Gasteiger partial charge in [0.15, 0.2) is 0 Å². The maximum absolute atomic E-state index is 12.6. The lowest BCUT2D eigenvalue weighted by Crippen LogP contribution is -2.30. The molecule has 1 heterocycles. The zero-order chi connectivity index (χ0) is 23.2. The Morgan fingerprint density at radius 3 is 1.88 bits per heavy atom. The molecule has 0 fully saturated rings. The molecule has 0 aliphatic carbocycles. The van der Waals surface area contributed by atoms with Crippen LogP contribution in [0, 0.1) is 0 Å². The Bertz CT molecular complexity index is 1230. The van der Waals surface area contributed by atoms with Gasteiger partial charge in [-0.05, 0) is 74.5 Å². The van der Waals surface area contributed by atoms with E-state index in [0.29, 0.717) is 41.7 Å². The average Bonchev–Trinajstić information content (AvgIpc) is 3.36. The van der Waals surface area contributed by atoms with Crippen LogP contribution in [0.4, 0.5) is 5.69 Å². The molecule has 0 aliphatic rings. The summed E-state index contributed by atoms with van der Waals surface area (Å²) in [4.78, 5) is 26.8. The van der Waals surface area contributed by atoms with Crippen molar-refractivity contribution >= 4 is 17.5 Å². The molecule has 0 spiro atoms. The van der Waals surface area contributed by atoms with Gasteiger partial charge in [-0.25, -0.2) is 0 Å². The number of hydrogen-bond acceptors (Lipinski definition) is 5. The highest BCUT2D eigenvalue weighted by Crippen LogP contribution is 2.24. The molecule has 1 aromatic heterocycles. The third kappa shape index (κ3) is 4.98. The van der Waals surface area contributed by atoms with Gasteiger partial charge in [0.25, 0.3) is 11.8 Å². The number of carbonyl (C=O) groups is 2. The van der Waals surface area contributed by atoms with E-state index in [-0.39, 0.29) is 11.8 Å². The molecule has 3 aromatic carbocycles. The van der Waals surface area contributed by atoms with Gasteiger partial charge in [0.2, 0.25) is 11.8 Å². The minimum absolute atomic E-state index is 0.0232. The van der Waals surface area contributed by atoms with E-state index in [1.807, 2.05) is 44.2 Å². The summed E-state index contributed by atoms with van der Waals surface area (Å²) in [5, 5.41) is 11.0. The normalized spacial score (nSPS) is 10.6. The molecule has 4 aromatic rings. The topological polar surface area (TPSA) is 88.3 Å². The number of amides is 2. The maximum Gasteiger partial charge on any atom is 0.255 e. The summed E-state index contributed by atoms with van der Waals surface area (Å²) in [6.45, 7) is 5.20. The van der Waals surface area contributed by atoms with E-state index < -0.39 is 0 Å². The molecule has 0 saturated heterocycles. The van der Waals surface area contributed by atoms with Crippen LogP contribution < -0.4 is 5.32 Å². The lowest BCUT2D eigenvalue weighted by molar-refractivity contribution is 0.0773. The highest BCUT2D eigenvalue weighted by atomic mass is 16.4. The number of hydrogen-bond donors (Lipinski definition) is 1. The molecule has 0 saturated carbocycles. The number of carbonyl (C=O) groups excluding carboxylic acids is 2. The predicted octanol–water partition coefficient (Wildman–Crippen LogP) is 5.14. The molecule has 0 aliphatic heterocycles. The number of nitrogens with zero attached hydrogens (tertiary/aromatic N) is 3. The Morgan fingerprint density at radius 1 is 0.758 bits per heavy atom. The average molecular weight is 441 g/mol. The quantitative estimate of drug-likeness (QED) is 0.430. The first kappa shape index (κ1) is 22.0. The van der Waals surface area contributed by atoms with E-state index in [1.165, 1.54) is 0 Å². The van der Waals surface area contributed by atoms with Gasteiger partial charge in [-0.15, -0.1) is 10.2 Å². The molecule has 0 unspecified atom stereocenters. The van der Waals surface area contributed by atoms with Gasteiger partial charge >= 0.3 is 0 Å². The highest BCUT2D eigenvalue weighted by Gasteiger charge is 2.14. The lowest BCUT2D eigenvalue weighted by atomic mass is 10.1. The molecular formula is C26H24N4O3. The number of nitrogens with one attached hydrogen (secondary N) is 1. The maximum atomic E-state index is 12.6. The summed E-state index contributed by atoms with van der Waals surface area (Å²) in [5.41, 5.74) is 3.27. The van der Waals surface area contributed by atoms with Crippen LogP contribution in [-0.4, -0.2) is 40.0 Å². The monoisotopic (exact) mass is 440 g/mol. The van der Waals surface area contributed by atoms with E-state index in [9.17, 15) is 9.59 Å². The summed E-state index contributed by atoms with van der Waals surface area (Å²) >= 11 is 0. The van der Waals surface area contributed by atoms with Crippen molar-refractivity contribution < 1.29 is 14.0 Å². The van der Waals surface area contributed by atoms with Crippen molar-refractivity contribution in [1.29, 1.82) is 0 Å². The van der Waals surface area contributed by atoms with Gasteiger partial charge in [-0.2, -0.15) is 0 Å². The summed E-state index contributed by atoms with van der Waals surface area (Å²) < 4.78 is 5.76. The van der Waals surface area contributed by atoms with Crippen molar-refractivity contribution in [2.75, 3.05) is 18.4 Å². The van der Waals surface area contributed by atoms with Crippen LogP contribution in [0.2, 0.25) is 0 Å². The SMILES string of the molecule is CCN(CC)C(=O)c1ccc(NC(=O)c2ccc(-c3nnc(-c4ccccc4)o3)cc2)cc1. The first-order chi connectivity index (χ1) is 16.1. The largest absolute Gasteiger partial charge is 0.416 e. The first-order valence-electron chi connectivity index (χ1n) is 10.8. The molecule has 0 radical (unpaired) electrons. The fourth-order valence-corrected chi connectivity index (χ4v) is 3.39. The number of rotatable bonds is 7. The summed E-state index contributed by atoms with van der Waals surface area (Å²) in [5.74, 6) is 0.550. The minimum Gasteiger partial charge on any atom is -0.416 e. The number of benzene rings is 3. The van der Waals surface area contributed by atoms with Gasteiger partial charge in [0.05, 0.1) is 0 Å². The van der Waals surface area contributed by atoms with E-state index in [1.54, 1.807) is 53.4 Å². The van der Waals surface area contributed by atoms with Crippen LogP contribution in [0.5, 0.6) is 0 Å². The molecule has 166 valence electrons. The van der Waals surface area contributed by atoms with Crippen molar-refractivity contribution in [1.82, 2.24) is 15.1 Å². The fraction of sp³-hybridized carbons (Fsp3) is 0.154. The fourth-order valence-electron chi connectivity index (χ4n) is 3.39. The van der Waals surface area contributed by atoms with Crippen molar-refractivity contribution in [2.45, 2.75) is 13.8 Å². The zero-order valence-electron chi connectivity index (χ0n) is 18.5. The van der Waals surface area contributed by atoms with Crippen molar-refractivity contribution in [3.05, 3.63) is 90.0 Å². The van der Waals surface area contributed by atoms with Crippen molar-refractivity contribution in [3.8, 4) is 22.9 Å². The molecule has 0 bridgehead atoms. The Kier molecular flexibility index (Phi) is 6.59. The summed E-state index contributed by atoms with van der Waals surface area (Å²) in [7, 11) is 0. The van der Waals surface area contributed by atoms with Crippen molar-refractivity contribution in [3.63, 3.8) is 0 Å². The molecular weight excluding hydrogens is 416 g/mol. The molecule has 2 amide bonds. The Labute approximate surface area is 192 Å². The molecule has 0 atom stereocenters. The highest BCUT2D eigenvalue weighted by molar-refractivity contribution is 6.04. The second-order valence-electron chi connectivity index (χ2n) is 7.36. The van der Waals surface area contributed by atoms with Gasteiger partial charge < -0.3 is 14.6 Å². The van der Waals surface area contributed by atoms with Crippen LogP contribution in [0.15, 0.2) is 83.3 Å². The van der Waals surface area contributed by atoms with E-state index in [4.69, 9.17) is 4.42 Å². The van der Waals surface area contributed by atoms with Crippen LogP contribution in [0.3, 0.4) is 0 Å². The molecule has 1 N–H and O–H groups in total. The zero-order valence-corrected chi connectivity index (χ0v) is 18.5. The second kappa shape index (κ2) is 9.91. The van der Waals surface area contributed by atoms with E-state index >= 15 is 0 Å². The van der Waals surface area contributed by atoms with Crippen LogP contribution >= 0.6 is 0 Å². The second-order valence-corrected chi connectivity index (χ2v) is 7.36. The number of anilines is 1. The Morgan fingerprint density at radius 2 is 1.30 bits per heavy atom. The van der Waals surface area contributed by atoms with Gasteiger partial charge in [0, 0.05) is 41.0 Å². The Balaban J connectivity index is 1.42. The van der Waals surface area contributed by atoms with Gasteiger partial charge in [-0.3, -0.25) is 9.59 Å². The molecule has 7 heteroatoms. The van der Waals surface area contributed by atoms with Crippen LogP contribution in [0.1, 0.15) is 34.6 Å². The predicted molar refractivity (Wildman–Crippen MR) is 127 cm³/mol. The van der Waals surface area contributed by atoms with Crippen LogP contribution in [0.25, 0.3) is 22.9 Å². The third-order valence-electron chi connectivity index (χ3n) is 5.28. The van der Waals surface area contributed by atoms with Crippen molar-refractivity contribution in [2.24, 2.45) is 0 Å². The first-order valence-corrected chi connectivity index (χ1v) is 10.8. The van der Waals surface area contributed by atoms with Gasteiger partial charge in [0.1, 0.15) is 0 Å². The number of aromatic nitrogens is 2. The lowest BCUT2D eigenvalue weighted by Gasteiger charge is -2.18. The van der Waals surface area contributed by atoms with Crippen LogP contribution in [-0.2, 0) is 0 Å². The van der Waals surface area contributed by atoms with E-state index in [2.05, 4.69) is 15.5 Å². The smallest absolute Gasteiger partial charge is 0.255 e. The molecule has 7 nitrogen and oxygen atoms in total. The van der Waals surface area contributed by atoms with E-state index in [0.717, 1.165) is 11.1 Å². The Hall–Kier alpha value is -4.26.